The zero-order valence-corrected chi connectivity index (χ0v) is 20.0. The fourth-order valence-corrected chi connectivity index (χ4v) is 4.34. The molecule has 2 N–H and O–H groups in total. The van der Waals surface area contributed by atoms with Crippen molar-refractivity contribution in [3.63, 3.8) is 0 Å². The van der Waals surface area contributed by atoms with Gasteiger partial charge in [0.1, 0.15) is 29.3 Å². The number of nitrogens with two attached hydrogens (primary N) is 1. The van der Waals surface area contributed by atoms with Crippen molar-refractivity contribution in [2.45, 2.75) is 25.6 Å². The molecule has 0 unspecified atom stereocenters. The molecule has 1 aliphatic heterocycles. The van der Waals surface area contributed by atoms with E-state index in [2.05, 4.69) is 27.2 Å². The summed E-state index contributed by atoms with van der Waals surface area (Å²) < 4.78 is 24.4. The van der Waals surface area contributed by atoms with Gasteiger partial charge in [-0.25, -0.2) is 4.39 Å². The summed E-state index contributed by atoms with van der Waals surface area (Å²) in [6.45, 7) is 1.57. The van der Waals surface area contributed by atoms with E-state index in [0.717, 1.165) is 42.2 Å². The highest BCUT2D eigenvalue weighted by Gasteiger charge is 2.22. The van der Waals surface area contributed by atoms with Crippen LogP contribution in [0.5, 0.6) is 5.75 Å². The van der Waals surface area contributed by atoms with Gasteiger partial charge in [0, 0.05) is 43.2 Å². The molecule has 1 aliphatic rings. The lowest BCUT2D eigenvalue weighted by molar-refractivity contribution is -0.143. The Labute approximate surface area is 206 Å². The van der Waals surface area contributed by atoms with Crippen LogP contribution >= 0.6 is 35.3 Å². The number of hydrogen-bond acceptors (Lipinski definition) is 8. The van der Waals surface area contributed by atoms with Gasteiger partial charge in [0.05, 0.1) is 11.6 Å². The van der Waals surface area contributed by atoms with Crippen molar-refractivity contribution in [2.75, 3.05) is 24.5 Å². The maximum absolute atomic E-state index is 13.4. The fraction of sp³-hybridized carbons (Fsp3) is 0.318. The van der Waals surface area contributed by atoms with Crippen LogP contribution in [0.4, 0.5) is 10.1 Å². The van der Waals surface area contributed by atoms with Gasteiger partial charge in [-0.05, 0) is 36.4 Å². The van der Waals surface area contributed by atoms with Gasteiger partial charge in [0.15, 0.2) is 5.01 Å². The van der Waals surface area contributed by atoms with Crippen molar-refractivity contribution in [1.82, 2.24) is 10.2 Å². The fourth-order valence-electron chi connectivity index (χ4n) is 3.42. The summed E-state index contributed by atoms with van der Waals surface area (Å²) in [5, 5.41) is 10.0. The Hall–Kier alpha value is -2.46. The summed E-state index contributed by atoms with van der Waals surface area (Å²) >= 11 is 7.48. The van der Waals surface area contributed by atoms with E-state index in [4.69, 9.17) is 26.8 Å². The van der Waals surface area contributed by atoms with Gasteiger partial charge in [-0.15, -0.1) is 22.6 Å². The average Bonchev–Trinajstić information content (AvgIpc) is 3.29. The Morgan fingerprint density at radius 3 is 2.61 bits per heavy atom. The molecule has 3 aromatic rings. The normalized spacial score (nSPS) is 14.0. The lowest BCUT2D eigenvalue weighted by Crippen LogP contribution is -2.38. The van der Waals surface area contributed by atoms with E-state index in [1.807, 2.05) is 12.1 Å². The Balaban J connectivity index is 0.00000306. The molecule has 176 valence electrons. The largest absolute Gasteiger partial charge is 0.489 e. The van der Waals surface area contributed by atoms with Gasteiger partial charge < -0.3 is 20.1 Å². The number of ether oxygens (including phenoxy) is 2. The van der Waals surface area contributed by atoms with Crippen LogP contribution in [0.25, 0.3) is 10.6 Å². The third-order valence-corrected chi connectivity index (χ3v) is 6.36. The number of hydrogen-bond donors (Lipinski definition) is 1. The maximum atomic E-state index is 13.4. The van der Waals surface area contributed by atoms with Crippen molar-refractivity contribution in [3.8, 4) is 16.3 Å². The van der Waals surface area contributed by atoms with E-state index >= 15 is 0 Å². The highest BCUT2D eigenvalue weighted by atomic mass is 35.5. The molecule has 11 heteroatoms. The zero-order chi connectivity index (χ0) is 22.5. The summed E-state index contributed by atoms with van der Waals surface area (Å²) in [6.07, 6.45) is 1.63. The van der Waals surface area contributed by atoms with Crippen LogP contribution in [0, 0.1) is 5.82 Å². The predicted octanol–water partition coefficient (Wildman–Crippen LogP) is 4.47. The van der Waals surface area contributed by atoms with Crippen LogP contribution in [0.15, 0.2) is 42.5 Å². The van der Waals surface area contributed by atoms with E-state index in [0.29, 0.717) is 15.8 Å². The molecule has 2 aromatic carbocycles. The van der Waals surface area contributed by atoms with Crippen molar-refractivity contribution in [2.24, 2.45) is 5.73 Å². The number of anilines is 1. The minimum atomic E-state index is -0.473. The molecule has 0 atom stereocenters. The minimum absolute atomic E-state index is 0. The quantitative estimate of drug-likeness (QED) is 0.467. The van der Waals surface area contributed by atoms with Crippen LogP contribution in [-0.2, 0) is 16.1 Å². The Morgan fingerprint density at radius 1 is 1.18 bits per heavy atom. The number of piperidine rings is 1. The average molecular weight is 513 g/mol. The first-order valence-corrected chi connectivity index (χ1v) is 11.4. The van der Waals surface area contributed by atoms with Crippen LogP contribution < -0.4 is 15.4 Å². The first-order valence-electron chi connectivity index (χ1n) is 10.2. The summed E-state index contributed by atoms with van der Waals surface area (Å²) in [7, 11) is 0. The van der Waals surface area contributed by atoms with Gasteiger partial charge in [0.2, 0.25) is 0 Å². The van der Waals surface area contributed by atoms with Crippen molar-refractivity contribution < 1.29 is 18.7 Å². The summed E-state index contributed by atoms with van der Waals surface area (Å²) in [5.41, 5.74) is 7.28. The molecule has 0 amide bonds. The van der Waals surface area contributed by atoms with E-state index in [1.54, 1.807) is 0 Å². The van der Waals surface area contributed by atoms with Gasteiger partial charge >= 0.3 is 5.97 Å². The van der Waals surface area contributed by atoms with Crippen LogP contribution in [0.1, 0.15) is 17.8 Å². The van der Waals surface area contributed by atoms with Crippen molar-refractivity contribution in [3.05, 3.63) is 58.3 Å². The SMILES string of the molecule is Cl.NCC(=O)OCc1nnc(-c2ccc(N3CCC(Oc4cc(F)ccc4Cl)CC3)cc2)s1. The minimum Gasteiger partial charge on any atom is -0.489 e. The number of esters is 1. The van der Waals surface area contributed by atoms with Gasteiger partial charge in [-0.2, -0.15) is 0 Å². The molecule has 33 heavy (non-hydrogen) atoms. The molecule has 0 saturated carbocycles. The maximum Gasteiger partial charge on any atom is 0.320 e. The first kappa shape index (κ1) is 25.2. The molecule has 2 heterocycles. The molecule has 4 rings (SSSR count). The van der Waals surface area contributed by atoms with E-state index < -0.39 is 5.97 Å². The third-order valence-electron chi connectivity index (χ3n) is 5.10. The number of carbonyl (C=O) groups excluding carboxylic acids is 1. The molecular weight excluding hydrogens is 490 g/mol. The summed E-state index contributed by atoms with van der Waals surface area (Å²) in [5.74, 6) is -0.441. The topological polar surface area (TPSA) is 90.6 Å². The van der Waals surface area contributed by atoms with Crippen LogP contribution in [-0.4, -0.2) is 41.9 Å². The van der Waals surface area contributed by atoms with E-state index in [-0.39, 0.29) is 37.5 Å². The second-order valence-corrected chi connectivity index (χ2v) is 8.76. The molecule has 1 saturated heterocycles. The molecule has 0 radical (unpaired) electrons. The zero-order valence-electron chi connectivity index (χ0n) is 17.6. The molecular formula is C22H23Cl2FN4O3S. The van der Waals surface area contributed by atoms with Crippen molar-refractivity contribution in [1.29, 1.82) is 0 Å². The molecule has 1 fully saturated rings. The van der Waals surface area contributed by atoms with Crippen LogP contribution in [0.2, 0.25) is 5.02 Å². The van der Waals surface area contributed by atoms with Gasteiger partial charge in [-0.1, -0.05) is 22.9 Å². The Bertz CT molecular complexity index is 1080. The number of nitrogens with zero attached hydrogens (tertiary/aromatic N) is 3. The Morgan fingerprint density at radius 2 is 1.91 bits per heavy atom. The lowest BCUT2D eigenvalue weighted by atomic mass is 10.1. The van der Waals surface area contributed by atoms with Crippen molar-refractivity contribution >= 4 is 47.0 Å². The first-order chi connectivity index (χ1) is 15.5. The number of rotatable bonds is 7. The number of aromatic nitrogens is 2. The summed E-state index contributed by atoms with van der Waals surface area (Å²) in [4.78, 5) is 13.5. The highest BCUT2D eigenvalue weighted by Crippen LogP contribution is 2.30. The van der Waals surface area contributed by atoms with Gasteiger partial charge in [0.25, 0.3) is 0 Å². The molecule has 1 aromatic heterocycles. The monoisotopic (exact) mass is 512 g/mol. The standard InChI is InChI=1S/C22H22ClFN4O3S.ClH/c23-18-6-3-15(24)11-19(18)31-17-7-9-28(10-8-17)16-4-1-14(2-5-16)22-27-26-20(32-22)13-30-21(29)12-25;/h1-6,11,17H,7-10,12-13,25H2;1H. The third kappa shape index (κ3) is 6.54. The van der Waals surface area contributed by atoms with Gasteiger partial charge in [-0.3, -0.25) is 4.79 Å². The molecule has 0 spiro atoms. The number of benzene rings is 2. The number of carbonyl (C=O) groups is 1. The molecule has 7 nitrogen and oxygen atoms in total. The lowest BCUT2D eigenvalue weighted by Gasteiger charge is -2.34. The van der Waals surface area contributed by atoms with E-state index in [1.165, 1.54) is 29.5 Å². The summed E-state index contributed by atoms with van der Waals surface area (Å²) in [6, 6.07) is 12.3. The number of halogens is 3. The highest BCUT2D eigenvalue weighted by molar-refractivity contribution is 7.14. The van der Waals surface area contributed by atoms with Crippen LogP contribution in [0.3, 0.4) is 0 Å². The second kappa shape index (κ2) is 11.6. The molecule has 0 aliphatic carbocycles. The van der Waals surface area contributed by atoms with E-state index in [9.17, 15) is 9.18 Å². The molecule has 0 bridgehead atoms. The second-order valence-electron chi connectivity index (χ2n) is 7.29. The predicted molar refractivity (Wildman–Crippen MR) is 129 cm³/mol. The smallest absolute Gasteiger partial charge is 0.320 e. The Kier molecular flexibility index (Phi) is 8.85.